The molecule has 1 aliphatic heterocycles. The van der Waals surface area contributed by atoms with Gasteiger partial charge in [0, 0.05) is 0 Å². The van der Waals surface area contributed by atoms with E-state index in [9.17, 15) is 0 Å². The lowest BCUT2D eigenvalue weighted by Crippen LogP contribution is -3.05. The van der Waals surface area contributed by atoms with Gasteiger partial charge in [-0.15, -0.1) is 0 Å². The van der Waals surface area contributed by atoms with Gasteiger partial charge in [0.15, 0.2) is 6.34 Å². The monoisotopic (exact) mass is 146 g/mol. The highest BCUT2D eigenvalue weighted by atomic mass is 35.5. The molecular weight excluding hydrogens is 136 g/mol. The summed E-state index contributed by atoms with van der Waals surface area (Å²) in [7, 11) is 0. The van der Waals surface area contributed by atoms with Crippen molar-refractivity contribution in [2.24, 2.45) is 4.99 Å². The largest absolute Gasteiger partial charge is 1.00 e. The molecule has 1 aliphatic rings. The third-order valence-electron chi connectivity index (χ3n) is 1.17. The van der Waals surface area contributed by atoms with Gasteiger partial charge in [-0.1, -0.05) is 0 Å². The first kappa shape index (κ1) is 8.66. The van der Waals surface area contributed by atoms with E-state index >= 15 is 0 Å². The molecule has 1 unspecified atom stereocenters. The molecule has 9 heavy (non-hydrogen) atoms. The number of halogens is 1. The Labute approximate surface area is 61.7 Å². The summed E-state index contributed by atoms with van der Waals surface area (Å²) < 4.78 is 0. The number of hydrogen-bond acceptors (Lipinski definition) is 1. The number of nitrogens with one attached hydrogen (secondary N) is 1. The summed E-state index contributed by atoms with van der Waals surface area (Å²) in [5.41, 5.74) is 0. The summed E-state index contributed by atoms with van der Waals surface area (Å²) in [6.45, 7) is 4.14. The molecule has 0 aromatic carbocycles. The number of nitrogens with zero attached hydrogens (tertiary/aromatic N) is 1. The van der Waals surface area contributed by atoms with E-state index in [-0.39, 0.29) is 12.4 Å². The first-order valence-corrected chi connectivity index (χ1v) is 2.92. The van der Waals surface area contributed by atoms with Crippen LogP contribution in [-0.4, -0.2) is 19.4 Å². The Morgan fingerprint density at radius 2 is 2.44 bits per heavy atom. The van der Waals surface area contributed by atoms with Crippen LogP contribution in [0.1, 0.15) is 6.92 Å². The Balaban J connectivity index is 0.000000640. The van der Waals surface area contributed by atoms with Crippen LogP contribution < -0.4 is 17.3 Å². The van der Waals surface area contributed by atoms with Crippen LogP contribution in [-0.2, 0) is 0 Å². The van der Waals surface area contributed by atoms with Gasteiger partial charge in [-0.05, 0) is 13.0 Å². The third-order valence-corrected chi connectivity index (χ3v) is 1.17. The molecule has 0 fully saturated rings. The molecule has 0 saturated carbocycles. The lowest BCUT2D eigenvalue weighted by molar-refractivity contribution is -0.730. The van der Waals surface area contributed by atoms with E-state index in [1.165, 1.54) is 4.90 Å². The van der Waals surface area contributed by atoms with Crippen molar-refractivity contribution in [3.8, 4) is 0 Å². The molecule has 3 heteroatoms. The summed E-state index contributed by atoms with van der Waals surface area (Å²) in [5.74, 6) is 0. The summed E-state index contributed by atoms with van der Waals surface area (Å²) in [6.07, 6.45) is 6.10. The second-order valence-electron chi connectivity index (χ2n) is 1.86. The standard InChI is InChI=1S/C6H10N2.ClH/c1-2-4-8-5-3-7-6-8;/h2,4,6H,3,5H2,1H3;1H. The summed E-state index contributed by atoms with van der Waals surface area (Å²) in [4.78, 5) is 5.42. The van der Waals surface area contributed by atoms with Crippen LogP contribution in [0.2, 0.25) is 0 Å². The van der Waals surface area contributed by atoms with Gasteiger partial charge in [0.25, 0.3) is 0 Å². The number of quaternary nitrogens is 1. The fraction of sp³-hybridized carbons (Fsp3) is 0.500. The van der Waals surface area contributed by atoms with E-state index in [1.54, 1.807) is 0 Å². The van der Waals surface area contributed by atoms with Crippen LogP contribution in [0.25, 0.3) is 0 Å². The zero-order valence-electron chi connectivity index (χ0n) is 5.47. The van der Waals surface area contributed by atoms with Crippen LogP contribution >= 0.6 is 0 Å². The number of aliphatic imine (C=N–C) groups is 1. The highest BCUT2D eigenvalue weighted by Crippen LogP contribution is 1.67. The van der Waals surface area contributed by atoms with Crippen LogP contribution in [0.15, 0.2) is 17.3 Å². The average Bonchev–Trinajstić information content (AvgIpc) is 2.19. The molecule has 0 spiro atoms. The van der Waals surface area contributed by atoms with E-state index in [4.69, 9.17) is 0 Å². The zero-order chi connectivity index (χ0) is 5.82. The molecule has 0 aromatic heterocycles. The van der Waals surface area contributed by atoms with Gasteiger partial charge >= 0.3 is 0 Å². The van der Waals surface area contributed by atoms with Gasteiger partial charge in [-0.3, -0.25) is 4.90 Å². The second kappa shape index (κ2) is 4.53. The fourth-order valence-electron chi connectivity index (χ4n) is 0.780. The van der Waals surface area contributed by atoms with Gasteiger partial charge in [0.1, 0.15) is 6.54 Å². The second-order valence-corrected chi connectivity index (χ2v) is 1.86. The van der Waals surface area contributed by atoms with Crippen LogP contribution in [0.4, 0.5) is 0 Å². The van der Waals surface area contributed by atoms with Crippen molar-refractivity contribution < 1.29 is 17.3 Å². The minimum absolute atomic E-state index is 0. The van der Waals surface area contributed by atoms with Crippen molar-refractivity contribution in [3.63, 3.8) is 0 Å². The average molecular weight is 147 g/mol. The summed E-state index contributed by atoms with van der Waals surface area (Å²) >= 11 is 0. The minimum Gasteiger partial charge on any atom is -1.00 e. The van der Waals surface area contributed by atoms with Crippen molar-refractivity contribution >= 4 is 6.34 Å². The van der Waals surface area contributed by atoms with Gasteiger partial charge in [-0.25, -0.2) is 4.99 Å². The fourth-order valence-corrected chi connectivity index (χ4v) is 0.780. The first-order chi connectivity index (χ1) is 3.93. The molecule has 0 amide bonds. The van der Waals surface area contributed by atoms with E-state index < -0.39 is 0 Å². The van der Waals surface area contributed by atoms with Gasteiger partial charge < -0.3 is 12.4 Å². The molecule has 0 radical (unpaired) electrons. The molecule has 1 rings (SSSR count). The first-order valence-electron chi connectivity index (χ1n) is 2.92. The predicted octanol–water partition coefficient (Wildman–Crippen LogP) is -3.55. The van der Waals surface area contributed by atoms with Crippen LogP contribution in [0.5, 0.6) is 0 Å². The maximum absolute atomic E-state index is 4.07. The molecule has 0 aliphatic carbocycles. The minimum atomic E-state index is 0. The van der Waals surface area contributed by atoms with Crippen molar-refractivity contribution in [3.05, 3.63) is 12.3 Å². The normalized spacial score (nSPS) is 24.8. The van der Waals surface area contributed by atoms with Crippen LogP contribution in [0.3, 0.4) is 0 Å². The highest BCUT2D eigenvalue weighted by Gasteiger charge is 2.04. The van der Waals surface area contributed by atoms with Gasteiger partial charge in [-0.2, -0.15) is 0 Å². The lowest BCUT2D eigenvalue weighted by atomic mass is 10.6. The molecule has 52 valence electrons. The molecule has 1 N–H and O–H groups in total. The van der Waals surface area contributed by atoms with E-state index in [1.807, 2.05) is 19.3 Å². The van der Waals surface area contributed by atoms with Gasteiger partial charge in [0.05, 0.1) is 12.7 Å². The predicted molar refractivity (Wildman–Crippen MR) is 34.0 cm³/mol. The van der Waals surface area contributed by atoms with E-state index in [0.717, 1.165) is 13.1 Å². The van der Waals surface area contributed by atoms with E-state index in [0.29, 0.717) is 0 Å². The van der Waals surface area contributed by atoms with E-state index in [2.05, 4.69) is 11.2 Å². The zero-order valence-corrected chi connectivity index (χ0v) is 6.23. The Morgan fingerprint density at radius 1 is 1.67 bits per heavy atom. The molecule has 2 nitrogen and oxygen atoms in total. The highest BCUT2D eigenvalue weighted by molar-refractivity contribution is 5.45. The summed E-state index contributed by atoms with van der Waals surface area (Å²) in [6, 6.07) is 0. The van der Waals surface area contributed by atoms with Crippen molar-refractivity contribution in [1.29, 1.82) is 0 Å². The number of allylic oxidation sites excluding steroid dienone is 1. The third kappa shape index (κ3) is 2.63. The quantitative estimate of drug-likeness (QED) is 0.395. The molecule has 1 atom stereocenters. The Bertz CT molecular complexity index is 120. The Kier molecular flexibility index (Phi) is 4.36. The van der Waals surface area contributed by atoms with Gasteiger partial charge in [0.2, 0.25) is 0 Å². The lowest BCUT2D eigenvalue weighted by Gasteiger charge is -1.96. The van der Waals surface area contributed by atoms with Crippen LogP contribution in [0, 0.1) is 0 Å². The number of hydrogen-bond donors (Lipinski definition) is 1. The number of rotatable bonds is 1. The molecule has 0 bridgehead atoms. The molecule has 0 saturated heterocycles. The van der Waals surface area contributed by atoms with Crippen molar-refractivity contribution in [2.75, 3.05) is 13.1 Å². The molecule has 1 heterocycles. The Morgan fingerprint density at radius 3 is 2.89 bits per heavy atom. The SMILES string of the molecule is CC=C[NH+]1C=NCC1.[Cl-]. The topological polar surface area (TPSA) is 16.8 Å². The maximum atomic E-state index is 4.07. The molecular formula is C6H11ClN2. The van der Waals surface area contributed by atoms with Crippen molar-refractivity contribution in [1.82, 2.24) is 0 Å². The maximum Gasteiger partial charge on any atom is 0.188 e. The smallest absolute Gasteiger partial charge is 0.188 e. The Hall–Kier alpha value is -0.340. The molecule has 0 aromatic rings. The summed E-state index contributed by atoms with van der Waals surface area (Å²) in [5, 5.41) is 0. The van der Waals surface area contributed by atoms with Crippen molar-refractivity contribution in [2.45, 2.75) is 6.92 Å².